The molecule has 3 heteroatoms. The van der Waals surface area contributed by atoms with Crippen molar-refractivity contribution < 1.29 is 5.11 Å². The summed E-state index contributed by atoms with van der Waals surface area (Å²) in [7, 11) is 0. The zero-order chi connectivity index (χ0) is 12.0. The van der Waals surface area contributed by atoms with Gasteiger partial charge in [-0.25, -0.2) is 0 Å². The predicted octanol–water partition coefficient (Wildman–Crippen LogP) is 1.51. The number of aliphatic hydroxyl groups excluding tert-OH is 1. The van der Waals surface area contributed by atoms with Gasteiger partial charge in [-0.15, -0.1) is 0 Å². The van der Waals surface area contributed by atoms with E-state index < -0.39 is 0 Å². The Kier molecular flexibility index (Phi) is 6.32. The molecule has 0 aromatic rings. The number of rotatable bonds is 7. The second-order valence-electron chi connectivity index (χ2n) is 5.62. The van der Waals surface area contributed by atoms with Crippen molar-refractivity contribution in [1.29, 1.82) is 0 Å². The summed E-state index contributed by atoms with van der Waals surface area (Å²) in [5.74, 6) is 0.573. The number of hydrogen-bond donors (Lipinski definition) is 3. The molecule has 0 bridgehead atoms. The molecule has 0 aliphatic carbocycles. The Balaban J connectivity index is 2.06. The summed E-state index contributed by atoms with van der Waals surface area (Å²) in [6, 6.07) is 1.18. The minimum Gasteiger partial charge on any atom is -0.392 e. The molecule has 0 aromatic heterocycles. The molecule has 0 spiro atoms. The highest BCUT2D eigenvalue weighted by Gasteiger charge is 2.17. The molecule has 3 N–H and O–H groups in total. The lowest BCUT2D eigenvalue weighted by atomic mass is 10.0. The molecular weight excluding hydrogens is 200 g/mol. The van der Waals surface area contributed by atoms with Crippen molar-refractivity contribution in [3.8, 4) is 0 Å². The Morgan fingerprint density at radius 1 is 1.38 bits per heavy atom. The number of aliphatic hydroxyl groups is 1. The molecule has 1 aliphatic rings. The van der Waals surface area contributed by atoms with Gasteiger partial charge in [0.2, 0.25) is 0 Å². The van der Waals surface area contributed by atoms with E-state index in [0.717, 1.165) is 13.0 Å². The predicted molar refractivity (Wildman–Crippen MR) is 68.6 cm³/mol. The average molecular weight is 228 g/mol. The number of hydrogen-bond acceptors (Lipinski definition) is 3. The zero-order valence-corrected chi connectivity index (χ0v) is 11.0. The quantitative estimate of drug-likeness (QED) is 0.619. The van der Waals surface area contributed by atoms with Crippen molar-refractivity contribution in [1.82, 2.24) is 10.6 Å². The molecule has 1 rings (SSSR count). The first-order valence-electron chi connectivity index (χ1n) is 6.72. The fourth-order valence-corrected chi connectivity index (χ4v) is 2.43. The van der Waals surface area contributed by atoms with E-state index in [4.69, 9.17) is 0 Å². The van der Waals surface area contributed by atoms with Crippen molar-refractivity contribution in [3.63, 3.8) is 0 Å². The summed E-state index contributed by atoms with van der Waals surface area (Å²) < 4.78 is 0. The molecule has 0 amide bonds. The standard InChI is InChI=1S/C13H28N2O/c1-10(2)7-13(16)9-15-11(3)8-12-5-4-6-14-12/h10-16H,4-9H2,1-3H3. The van der Waals surface area contributed by atoms with Crippen molar-refractivity contribution in [2.45, 2.75) is 64.6 Å². The molecule has 3 atom stereocenters. The summed E-state index contributed by atoms with van der Waals surface area (Å²) in [6.45, 7) is 8.41. The SMILES string of the molecule is CC(C)CC(O)CNC(C)CC1CCCN1. The minimum atomic E-state index is -0.195. The van der Waals surface area contributed by atoms with Gasteiger partial charge in [-0.05, 0) is 45.1 Å². The van der Waals surface area contributed by atoms with Gasteiger partial charge in [0.05, 0.1) is 6.10 Å². The first-order chi connectivity index (χ1) is 7.58. The van der Waals surface area contributed by atoms with Crippen LogP contribution >= 0.6 is 0 Å². The number of nitrogens with one attached hydrogen (secondary N) is 2. The third-order valence-electron chi connectivity index (χ3n) is 3.25. The van der Waals surface area contributed by atoms with E-state index in [0.29, 0.717) is 18.0 Å². The molecule has 3 unspecified atom stereocenters. The van der Waals surface area contributed by atoms with Gasteiger partial charge >= 0.3 is 0 Å². The molecule has 0 aromatic carbocycles. The lowest BCUT2D eigenvalue weighted by molar-refractivity contribution is 0.142. The summed E-state index contributed by atoms with van der Waals surface area (Å²) in [4.78, 5) is 0. The average Bonchev–Trinajstić information content (AvgIpc) is 2.66. The van der Waals surface area contributed by atoms with Crippen LogP contribution in [-0.4, -0.2) is 36.4 Å². The second kappa shape index (κ2) is 7.25. The molecule has 1 fully saturated rings. The van der Waals surface area contributed by atoms with Gasteiger partial charge < -0.3 is 15.7 Å². The van der Waals surface area contributed by atoms with Gasteiger partial charge in [0, 0.05) is 18.6 Å². The lowest BCUT2D eigenvalue weighted by Crippen LogP contribution is -2.38. The Labute approximate surface area is 100 Å². The van der Waals surface area contributed by atoms with Crippen LogP contribution in [0.15, 0.2) is 0 Å². The van der Waals surface area contributed by atoms with Gasteiger partial charge in [-0.3, -0.25) is 0 Å². The van der Waals surface area contributed by atoms with Crippen molar-refractivity contribution in [2.75, 3.05) is 13.1 Å². The maximum Gasteiger partial charge on any atom is 0.0667 e. The largest absolute Gasteiger partial charge is 0.392 e. The van der Waals surface area contributed by atoms with Crippen LogP contribution in [0.4, 0.5) is 0 Å². The van der Waals surface area contributed by atoms with Crippen molar-refractivity contribution >= 4 is 0 Å². The minimum absolute atomic E-state index is 0.195. The van der Waals surface area contributed by atoms with Crippen LogP contribution in [0.1, 0.15) is 46.5 Å². The van der Waals surface area contributed by atoms with Crippen LogP contribution in [0.2, 0.25) is 0 Å². The highest BCUT2D eigenvalue weighted by Crippen LogP contribution is 2.11. The normalized spacial score (nSPS) is 24.9. The zero-order valence-electron chi connectivity index (χ0n) is 11.0. The highest BCUT2D eigenvalue weighted by molar-refractivity contribution is 4.79. The van der Waals surface area contributed by atoms with E-state index in [2.05, 4.69) is 31.4 Å². The van der Waals surface area contributed by atoms with E-state index >= 15 is 0 Å². The topological polar surface area (TPSA) is 44.3 Å². The van der Waals surface area contributed by atoms with Crippen LogP contribution in [0.3, 0.4) is 0 Å². The van der Waals surface area contributed by atoms with Crippen molar-refractivity contribution in [2.24, 2.45) is 5.92 Å². The molecule has 3 nitrogen and oxygen atoms in total. The molecule has 1 heterocycles. The lowest BCUT2D eigenvalue weighted by Gasteiger charge is -2.21. The van der Waals surface area contributed by atoms with E-state index in [-0.39, 0.29) is 6.10 Å². The Morgan fingerprint density at radius 3 is 2.69 bits per heavy atom. The fourth-order valence-electron chi connectivity index (χ4n) is 2.43. The first kappa shape index (κ1) is 13.9. The molecule has 1 aliphatic heterocycles. The smallest absolute Gasteiger partial charge is 0.0667 e. The third kappa shape index (κ3) is 5.83. The Morgan fingerprint density at radius 2 is 2.12 bits per heavy atom. The van der Waals surface area contributed by atoms with Gasteiger partial charge in [0.25, 0.3) is 0 Å². The summed E-state index contributed by atoms with van der Waals surface area (Å²) in [6.07, 6.45) is 4.49. The summed E-state index contributed by atoms with van der Waals surface area (Å²) >= 11 is 0. The Hall–Kier alpha value is -0.120. The van der Waals surface area contributed by atoms with Crippen LogP contribution < -0.4 is 10.6 Å². The summed E-state index contributed by atoms with van der Waals surface area (Å²) in [5, 5.41) is 16.7. The van der Waals surface area contributed by atoms with E-state index in [1.165, 1.54) is 25.8 Å². The maximum absolute atomic E-state index is 9.75. The van der Waals surface area contributed by atoms with Gasteiger partial charge in [-0.1, -0.05) is 13.8 Å². The molecule has 0 saturated carbocycles. The van der Waals surface area contributed by atoms with Gasteiger partial charge in [0.15, 0.2) is 0 Å². The van der Waals surface area contributed by atoms with Crippen LogP contribution in [-0.2, 0) is 0 Å². The third-order valence-corrected chi connectivity index (χ3v) is 3.25. The summed E-state index contributed by atoms with van der Waals surface area (Å²) in [5.41, 5.74) is 0. The van der Waals surface area contributed by atoms with E-state index in [1.54, 1.807) is 0 Å². The van der Waals surface area contributed by atoms with Gasteiger partial charge in [-0.2, -0.15) is 0 Å². The fraction of sp³-hybridized carbons (Fsp3) is 1.00. The van der Waals surface area contributed by atoms with E-state index in [9.17, 15) is 5.11 Å². The van der Waals surface area contributed by atoms with Crippen LogP contribution in [0, 0.1) is 5.92 Å². The molecule has 0 radical (unpaired) electrons. The Bertz CT molecular complexity index is 179. The molecule has 96 valence electrons. The van der Waals surface area contributed by atoms with Crippen molar-refractivity contribution in [3.05, 3.63) is 0 Å². The molecule has 1 saturated heterocycles. The van der Waals surface area contributed by atoms with Crippen LogP contribution in [0.25, 0.3) is 0 Å². The highest BCUT2D eigenvalue weighted by atomic mass is 16.3. The second-order valence-corrected chi connectivity index (χ2v) is 5.62. The van der Waals surface area contributed by atoms with E-state index in [1.807, 2.05) is 0 Å². The monoisotopic (exact) mass is 228 g/mol. The maximum atomic E-state index is 9.75. The van der Waals surface area contributed by atoms with Crippen LogP contribution in [0.5, 0.6) is 0 Å². The first-order valence-corrected chi connectivity index (χ1v) is 6.72. The van der Waals surface area contributed by atoms with Gasteiger partial charge in [0.1, 0.15) is 0 Å². The molecule has 16 heavy (non-hydrogen) atoms. The molecular formula is C13H28N2O.